The first-order valence-electron chi connectivity index (χ1n) is 13.0. The first-order valence-corrected chi connectivity index (χ1v) is 13.0. The van der Waals surface area contributed by atoms with Crippen molar-refractivity contribution in [3.8, 4) is 6.07 Å². The Morgan fingerprint density at radius 1 is 1.03 bits per heavy atom. The van der Waals surface area contributed by atoms with E-state index in [1.165, 1.54) is 24.9 Å². The number of methoxy groups -OCH3 is 1. The minimum absolute atomic E-state index is 0.0914. The fraction of sp³-hybridized carbons (Fsp3) is 0.533. The zero-order chi connectivity index (χ0) is 26.2. The number of benzene rings is 2. The number of hydrogen-bond acceptors (Lipinski definition) is 5. The van der Waals surface area contributed by atoms with Crippen LogP contribution in [0.25, 0.3) is 16.8 Å². The van der Waals surface area contributed by atoms with Crippen LogP contribution in [-0.2, 0) is 14.3 Å². The molecular formula is C30H41N3O3. The van der Waals surface area contributed by atoms with Gasteiger partial charge in [-0.3, -0.25) is 4.79 Å². The van der Waals surface area contributed by atoms with Crippen molar-refractivity contribution in [3.05, 3.63) is 47.5 Å². The lowest BCUT2D eigenvalue weighted by molar-refractivity contribution is -0.119. The van der Waals surface area contributed by atoms with E-state index in [1.807, 2.05) is 39.8 Å². The second-order valence-corrected chi connectivity index (χ2v) is 10.9. The molecule has 36 heavy (non-hydrogen) atoms. The lowest BCUT2D eigenvalue weighted by atomic mass is 9.99. The van der Waals surface area contributed by atoms with Crippen LogP contribution in [-0.4, -0.2) is 50.5 Å². The van der Waals surface area contributed by atoms with Gasteiger partial charge in [0.25, 0.3) is 5.91 Å². The van der Waals surface area contributed by atoms with Crippen molar-refractivity contribution in [3.63, 3.8) is 0 Å². The number of ether oxygens (including phenoxy) is 2. The normalized spacial score (nSPS) is 15.1. The largest absolute Gasteiger partial charge is 0.385 e. The lowest BCUT2D eigenvalue weighted by Gasteiger charge is -2.30. The third-order valence-corrected chi connectivity index (χ3v) is 6.83. The fourth-order valence-corrected chi connectivity index (χ4v) is 4.45. The molecule has 0 bridgehead atoms. The Labute approximate surface area is 216 Å². The third-order valence-electron chi connectivity index (χ3n) is 6.83. The number of amides is 1. The van der Waals surface area contributed by atoms with Crippen molar-refractivity contribution in [2.24, 2.45) is 0 Å². The van der Waals surface area contributed by atoms with E-state index in [0.29, 0.717) is 19.6 Å². The number of nitriles is 1. The summed E-state index contributed by atoms with van der Waals surface area (Å²) < 4.78 is 11.1. The van der Waals surface area contributed by atoms with Gasteiger partial charge >= 0.3 is 0 Å². The molecular weight excluding hydrogens is 450 g/mol. The molecule has 6 nitrogen and oxygen atoms in total. The van der Waals surface area contributed by atoms with Gasteiger partial charge < -0.3 is 19.7 Å². The van der Waals surface area contributed by atoms with Crippen molar-refractivity contribution in [1.29, 1.82) is 5.26 Å². The Kier molecular flexibility index (Phi) is 9.53. The summed E-state index contributed by atoms with van der Waals surface area (Å²) in [6.07, 6.45) is 6.89. The molecule has 0 radical (unpaired) electrons. The molecule has 1 aliphatic heterocycles. The van der Waals surface area contributed by atoms with E-state index in [-0.39, 0.29) is 17.1 Å². The van der Waals surface area contributed by atoms with E-state index >= 15 is 0 Å². The number of anilines is 1. The van der Waals surface area contributed by atoms with Gasteiger partial charge in [-0.1, -0.05) is 18.2 Å². The van der Waals surface area contributed by atoms with Crippen LogP contribution < -0.4 is 10.2 Å². The highest BCUT2D eigenvalue weighted by molar-refractivity contribution is 6.02. The summed E-state index contributed by atoms with van der Waals surface area (Å²) in [5.41, 5.74) is 1.38. The first-order chi connectivity index (χ1) is 17.1. The van der Waals surface area contributed by atoms with E-state index in [9.17, 15) is 10.1 Å². The minimum atomic E-state index is -0.515. The molecule has 2 aromatic rings. The Hall–Kier alpha value is -2.88. The van der Waals surface area contributed by atoms with Crippen molar-refractivity contribution in [1.82, 2.24) is 5.32 Å². The molecule has 0 aliphatic carbocycles. The molecule has 2 aromatic carbocycles. The summed E-state index contributed by atoms with van der Waals surface area (Å²) in [7, 11) is 1.68. The number of nitrogens with one attached hydrogen (secondary N) is 1. The molecule has 0 unspecified atom stereocenters. The standard InChI is InChI=1S/C30H41N3O3/c1-29(2,13-18-36-30(3,4)14-17-35-5)32-28(34)26(22-31)20-23-9-10-25-21-27(12-11-24(25)19-23)33-15-7-6-8-16-33/h9-12,19-21H,6-8,13-18H2,1-5H3,(H,32,34). The molecule has 1 amide bonds. The zero-order valence-electron chi connectivity index (χ0n) is 22.5. The van der Waals surface area contributed by atoms with Crippen molar-refractivity contribution < 1.29 is 14.3 Å². The van der Waals surface area contributed by atoms with E-state index in [2.05, 4.69) is 40.6 Å². The monoisotopic (exact) mass is 491 g/mol. The second kappa shape index (κ2) is 12.4. The maximum atomic E-state index is 12.9. The van der Waals surface area contributed by atoms with E-state index in [1.54, 1.807) is 13.2 Å². The maximum absolute atomic E-state index is 12.9. The van der Waals surface area contributed by atoms with Gasteiger partial charge in [-0.2, -0.15) is 5.26 Å². The molecule has 1 saturated heterocycles. The van der Waals surface area contributed by atoms with Crippen LogP contribution in [0.4, 0.5) is 5.69 Å². The van der Waals surface area contributed by atoms with E-state index in [4.69, 9.17) is 9.47 Å². The van der Waals surface area contributed by atoms with Crippen LogP contribution in [0.2, 0.25) is 0 Å². The molecule has 0 spiro atoms. The summed E-state index contributed by atoms with van der Waals surface area (Å²) in [5.74, 6) is -0.373. The predicted molar refractivity (Wildman–Crippen MR) is 147 cm³/mol. The molecule has 1 fully saturated rings. The summed E-state index contributed by atoms with van der Waals surface area (Å²) in [5, 5.41) is 14.9. The lowest BCUT2D eigenvalue weighted by Crippen LogP contribution is -2.45. The smallest absolute Gasteiger partial charge is 0.262 e. The molecule has 0 atom stereocenters. The van der Waals surface area contributed by atoms with Crippen LogP contribution in [0.15, 0.2) is 42.0 Å². The first kappa shape index (κ1) is 27.7. The van der Waals surface area contributed by atoms with Gasteiger partial charge in [-0.05, 0) is 100 Å². The quantitative estimate of drug-likeness (QED) is 0.315. The van der Waals surface area contributed by atoms with Crippen LogP contribution in [0, 0.1) is 11.3 Å². The van der Waals surface area contributed by atoms with Gasteiger partial charge in [-0.15, -0.1) is 0 Å². The second-order valence-electron chi connectivity index (χ2n) is 10.9. The number of hydrogen-bond donors (Lipinski definition) is 1. The molecule has 0 aromatic heterocycles. The number of fused-ring (bicyclic) bond motifs is 1. The van der Waals surface area contributed by atoms with E-state index < -0.39 is 5.54 Å². The molecule has 194 valence electrons. The number of carbonyl (C=O) groups is 1. The highest BCUT2D eigenvalue weighted by Gasteiger charge is 2.25. The highest BCUT2D eigenvalue weighted by atomic mass is 16.5. The zero-order valence-corrected chi connectivity index (χ0v) is 22.5. The predicted octanol–water partition coefficient (Wildman–Crippen LogP) is 5.85. The van der Waals surface area contributed by atoms with Crippen LogP contribution in [0.3, 0.4) is 0 Å². The van der Waals surface area contributed by atoms with Crippen molar-refractivity contribution in [2.45, 2.75) is 70.9 Å². The molecule has 6 heteroatoms. The summed E-state index contributed by atoms with van der Waals surface area (Å²) in [4.78, 5) is 15.4. The van der Waals surface area contributed by atoms with Gasteiger partial charge in [0.2, 0.25) is 0 Å². The number of piperidine rings is 1. The molecule has 1 heterocycles. The van der Waals surface area contributed by atoms with Crippen LogP contribution in [0.5, 0.6) is 0 Å². The van der Waals surface area contributed by atoms with Gasteiger partial charge in [0.05, 0.1) is 5.60 Å². The maximum Gasteiger partial charge on any atom is 0.262 e. The van der Waals surface area contributed by atoms with Crippen molar-refractivity contribution in [2.75, 3.05) is 38.3 Å². The Morgan fingerprint density at radius 2 is 1.72 bits per heavy atom. The van der Waals surface area contributed by atoms with E-state index in [0.717, 1.165) is 35.8 Å². The molecule has 3 rings (SSSR count). The summed E-state index contributed by atoms with van der Waals surface area (Å²) in [6.45, 7) is 11.3. The van der Waals surface area contributed by atoms with Gasteiger partial charge in [-0.25, -0.2) is 0 Å². The Morgan fingerprint density at radius 3 is 2.42 bits per heavy atom. The fourth-order valence-electron chi connectivity index (χ4n) is 4.45. The average molecular weight is 492 g/mol. The summed E-state index contributed by atoms with van der Waals surface area (Å²) in [6, 6.07) is 14.7. The van der Waals surface area contributed by atoms with Crippen LogP contribution >= 0.6 is 0 Å². The summed E-state index contributed by atoms with van der Waals surface area (Å²) >= 11 is 0. The average Bonchev–Trinajstić information content (AvgIpc) is 2.85. The van der Waals surface area contributed by atoms with Gasteiger partial charge in [0, 0.05) is 44.6 Å². The minimum Gasteiger partial charge on any atom is -0.385 e. The highest BCUT2D eigenvalue weighted by Crippen LogP contribution is 2.26. The SMILES string of the molecule is COCCC(C)(C)OCCC(C)(C)NC(=O)C(C#N)=Cc1ccc2cc(N3CCCCC3)ccc2c1. The number of carbonyl (C=O) groups excluding carboxylic acids is 1. The van der Waals surface area contributed by atoms with Gasteiger partial charge in [0.15, 0.2) is 0 Å². The molecule has 1 N–H and O–H groups in total. The van der Waals surface area contributed by atoms with Crippen molar-refractivity contribution >= 4 is 28.4 Å². The number of rotatable bonds is 11. The Bertz CT molecular complexity index is 1110. The Balaban J connectivity index is 1.64. The number of nitrogens with zero attached hydrogens (tertiary/aromatic N) is 2. The van der Waals surface area contributed by atoms with Crippen LogP contribution in [0.1, 0.15) is 65.4 Å². The van der Waals surface area contributed by atoms with Gasteiger partial charge in [0.1, 0.15) is 11.6 Å². The topological polar surface area (TPSA) is 74.6 Å². The third kappa shape index (κ3) is 8.08. The molecule has 1 aliphatic rings. The molecule has 0 saturated carbocycles.